The number of halogens is 1. The summed E-state index contributed by atoms with van der Waals surface area (Å²) in [5.74, 6) is -7.31. The third-order valence-electron chi connectivity index (χ3n) is 11.3. The van der Waals surface area contributed by atoms with Gasteiger partial charge in [0.1, 0.15) is 0 Å². The first kappa shape index (κ1) is 31.7. The number of carbonyl (C=O) groups is 4. The number of hydrazine groups is 1. The smallest absolute Gasteiger partial charge is 0.260 e. The second-order valence-electron chi connectivity index (χ2n) is 13.8. The number of fused-ring (bicyclic) bond motifs is 4. The van der Waals surface area contributed by atoms with Crippen LogP contribution in [-0.2, 0) is 31.0 Å². The minimum Gasteiger partial charge on any atom is -0.505 e. The van der Waals surface area contributed by atoms with Gasteiger partial charge in [-0.15, -0.1) is 0 Å². The van der Waals surface area contributed by atoms with Crippen molar-refractivity contribution in [2.75, 3.05) is 10.3 Å². The summed E-state index contributed by atoms with van der Waals surface area (Å²) in [5.41, 5.74) is 5.88. The second kappa shape index (κ2) is 11.8. The molecule has 2 aliphatic heterocycles. The number of anilines is 2. The largest absolute Gasteiger partial charge is 0.505 e. The molecule has 0 spiro atoms. The Morgan fingerprint density at radius 3 is 2.26 bits per heavy atom. The summed E-state index contributed by atoms with van der Waals surface area (Å²) in [6.45, 7) is 3.96. The topological polar surface area (TPSA) is 107 Å². The van der Waals surface area contributed by atoms with E-state index in [9.17, 15) is 19.5 Å². The van der Waals surface area contributed by atoms with E-state index in [4.69, 9.17) is 0 Å². The summed E-state index contributed by atoms with van der Waals surface area (Å²) in [5, 5.41) is 12.4. The minimum absolute atomic E-state index is 0.104. The zero-order valence-corrected chi connectivity index (χ0v) is 27.7. The number of imide groups is 2. The molecule has 1 saturated carbocycles. The number of rotatable bonds is 6. The minimum atomic E-state index is -1.60. The molecule has 6 unspecified atom stereocenters. The number of benzene rings is 4. The number of phenolic OH excluding ortho intramolecular Hbond substituents is 1. The van der Waals surface area contributed by atoms with Crippen molar-refractivity contribution < 1.29 is 28.7 Å². The Bertz CT molecular complexity index is 2080. The highest BCUT2D eigenvalue weighted by Crippen LogP contribution is 2.65. The molecule has 2 heterocycles. The zero-order valence-electron chi connectivity index (χ0n) is 27.7. The Morgan fingerprint density at radius 2 is 1.56 bits per heavy atom. The standard InChI is InChI=1S/C41H36FN3O5/c1-3-24-14-18-27(19-15-24)44-37(47)29-21-20-28-31(34(29)39(44)49)22-32-38(48)45(43-26-16-12-23(2)13-17-26)40(50)41(32,25-8-5-4-6-9-25)35(28)30-10-7-11-33(42)36(30)46/h4-20,29,31-32,34-35,43,46H,3,21-22H2,1-2H3. The molecule has 0 bridgehead atoms. The van der Waals surface area contributed by atoms with Crippen molar-refractivity contribution >= 4 is 35.0 Å². The Morgan fingerprint density at radius 1 is 0.840 bits per heavy atom. The Kier molecular flexibility index (Phi) is 7.47. The molecule has 8 nitrogen and oxygen atoms in total. The number of phenols is 1. The normalized spacial score (nSPS) is 27.2. The van der Waals surface area contributed by atoms with Crippen LogP contribution in [0.3, 0.4) is 0 Å². The predicted molar refractivity (Wildman–Crippen MR) is 185 cm³/mol. The molecule has 9 heteroatoms. The van der Waals surface area contributed by atoms with Crippen molar-refractivity contribution in [3.8, 4) is 5.75 Å². The fourth-order valence-electron chi connectivity index (χ4n) is 8.99. The third-order valence-corrected chi connectivity index (χ3v) is 11.3. The SMILES string of the molecule is CCc1ccc(N2C(=O)C3CC=C4C(CC5C(=O)N(Nc6ccc(C)cc6)C(=O)C5(c5ccccc5)C4c4cccc(F)c4O)C3C2=O)cc1. The highest BCUT2D eigenvalue weighted by molar-refractivity contribution is 6.22. The molecule has 8 rings (SSSR count). The van der Waals surface area contributed by atoms with Gasteiger partial charge in [0.25, 0.3) is 11.8 Å². The number of aryl methyl sites for hydroxylation is 2. The van der Waals surface area contributed by atoms with Gasteiger partial charge in [0.15, 0.2) is 11.6 Å². The van der Waals surface area contributed by atoms with E-state index in [1.54, 1.807) is 54.6 Å². The quantitative estimate of drug-likeness (QED) is 0.177. The van der Waals surface area contributed by atoms with Gasteiger partial charge in [-0.25, -0.2) is 4.39 Å². The number of allylic oxidation sites excluding steroid dienone is 2. The maximum atomic E-state index is 15.3. The van der Waals surface area contributed by atoms with Crippen LogP contribution >= 0.6 is 0 Å². The molecule has 2 saturated heterocycles. The molecule has 4 amide bonds. The maximum absolute atomic E-state index is 15.3. The van der Waals surface area contributed by atoms with Crippen LogP contribution in [0.2, 0.25) is 0 Å². The monoisotopic (exact) mass is 669 g/mol. The summed E-state index contributed by atoms with van der Waals surface area (Å²) in [6.07, 6.45) is 3.03. The van der Waals surface area contributed by atoms with Gasteiger partial charge in [-0.2, -0.15) is 5.01 Å². The molecule has 4 aromatic carbocycles. The van der Waals surface area contributed by atoms with E-state index in [1.807, 2.05) is 50.3 Å². The number of hydrogen-bond acceptors (Lipinski definition) is 6. The van der Waals surface area contributed by atoms with E-state index in [1.165, 1.54) is 11.0 Å². The second-order valence-corrected chi connectivity index (χ2v) is 13.8. The van der Waals surface area contributed by atoms with Crippen LogP contribution in [-0.4, -0.2) is 33.7 Å². The summed E-state index contributed by atoms with van der Waals surface area (Å²) in [6, 6.07) is 27.8. The van der Waals surface area contributed by atoms with Gasteiger partial charge in [-0.1, -0.05) is 90.9 Å². The first-order chi connectivity index (χ1) is 24.2. The van der Waals surface area contributed by atoms with Crippen LogP contribution in [0, 0.1) is 36.4 Å². The molecule has 2 aliphatic carbocycles. The lowest BCUT2D eigenvalue weighted by molar-refractivity contribution is -0.138. The van der Waals surface area contributed by atoms with Crippen molar-refractivity contribution in [1.29, 1.82) is 0 Å². The first-order valence-corrected chi connectivity index (χ1v) is 17.1. The van der Waals surface area contributed by atoms with Crippen molar-refractivity contribution in [3.63, 3.8) is 0 Å². The van der Waals surface area contributed by atoms with Crippen molar-refractivity contribution in [2.45, 2.75) is 44.4 Å². The van der Waals surface area contributed by atoms with Crippen LogP contribution in [0.15, 0.2) is 109 Å². The molecule has 0 aromatic heterocycles. The van der Waals surface area contributed by atoms with Crippen molar-refractivity contribution in [1.82, 2.24) is 5.01 Å². The summed E-state index contributed by atoms with van der Waals surface area (Å²) >= 11 is 0. The summed E-state index contributed by atoms with van der Waals surface area (Å²) in [4.78, 5) is 59.5. The summed E-state index contributed by atoms with van der Waals surface area (Å²) < 4.78 is 15.3. The lowest BCUT2D eigenvalue weighted by Crippen LogP contribution is -2.53. The molecule has 0 radical (unpaired) electrons. The molecule has 2 N–H and O–H groups in total. The number of carbonyl (C=O) groups excluding carboxylic acids is 4. The molecule has 50 heavy (non-hydrogen) atoms. The van der Waals surface area contributed by atoms with Gasteiger partial charge in [0.05, 0.1) is 34.5 Å². The van der Waals surface area contributed by atoms with Crippen LogP contribution in [0.5, 0.6) is 5.75 Å². The molecular formula is C41H36FN3O5. The van der Waals surface area contributed by atoms with Gasteiger partial charge >= 0.3 is 0 Å². The lowest BCUT2D eigenvalue weighted by Gasteiger charge is -2.50. The van der Waals surface area contributed by atoms with Gasteiger partial charge in [0, 0.05) is 11.5 Å². The number of nitrogens with one attached hydrogen (secondary N) is 1. The number of nitrogens with zero attached hydrogens (tertiary/aromatic N) is 2. The highest BCUT2D eigenvalue weighted by Gasteiger charge is 2.70. The molecule has 3 fully saturated rings. The van der Waals surface area contributed by atoms with Crippen LogP contribution in [0.25, 0.3) is 0 Å². The average molecular weight is 670 g/mol. The van der Waals surface area contributed by atoms with E-state index >= 15 is 9.18 Å². The Hall–Kier alpha value is -5.57. The fraction of sp³-hybridized carbons (Fsp3) is 0.268. The Balaban J connectivity index is 1.31. The van der Waals surface area contributed by atoms with Gasteiger partial charge in [0.2, 0.25) is 11.8 Å². The maximum Gasteiger partial charge on any atom is 0.260 e. The van der Waals surface area contributed by atoms with Crippen LogP contribution in [0.4, 0.5) is 15.8 Å². The molecule has 6 atom stereocenters. The van der Waals surface area contributed by atoms with Crippen LogP contribution in [0.1, 0.15) is 47.9 Å². The van der Waals surface area contributed by atoms with Gasteiger partial charge in [-0.3, -0.25) is 29.5 Å². The first-order valence-electron chi connectivity index (χ1n) is 17.1. The van der Waals surface area contributed by atoms with Gasteiger partial charge < -0.3 is 5.11 Å². The highest BCUT2D eigenvalue weighted by atomic mass is 19.1. The average Bonchev–Trinajstić information content (AvgIpc) is 3.51. The molecular weight excluding hydrogens is 633 g/mol. The molecule has 4 aromatic rings. The number of amides is 4. The zero-order chi connectivity index (χ0) is 34.9. The number of hydrogen-bond donors (Lipinski definition) is 2. The van der Waals surface area contributed by atoms with Crippen molar-refractivity contribution in [3.05, 3.63) is 137 Å². The van der Waals surface area contributed by atoms with E-state index in [0.29, 0.717) is 22.5 Å². The Labute approximate surface area is 289 Å². The number of aromatic hydroxyl groups is 1. The predicted octanol–water partition coefficient (Wildman–Crippen LogP) is 6.59. The number of para-hydroxylation sites is 1. The van der Waals surface area contributed by atoms with E-state index < -0.39 is 58.4 Å². The van der Waals surface area contributed by atoms with Crippen molar-refractivity contribution in [2.24, 2.45) is 23.7 Å². The summed E-state index contributed by atoms with van der Waals surface area (Å²) in [7, 11) is 0. The fourth-order valence-corrected chi connectivity index (χ4v) is 8.99. The van der Waals surface area contributed by atoms with Gasteiger partial charge in [-0.05, 0) is 73.6 Å². The third kappa shape index (κ3) is 4.48. The lowest BCUT2D eigenvalue weighted by atomic mass is 9.49. The van der Waals surface area contributed by atoms with Crippen LogP contribution < -0.4 is 10.3 Å². The van der Waals surface area contributed by atoms with E-state index in [2.05, 4.69) is 5.43 Å². The van der Waals surface area contributed by atoms with E-state index in [0.717, 1.165) is 28.6 Å². The van der Waals surface area contributed by atoms with E-state index in [-0.39, 0.29) is 30.2 Å². The molecule has 252 valence electrons. The molecule has 4 aliphatic rings.